The van der Waals surface area contributed by atoms with Crippen molar-refractivity contribution in [2.75, 3.05) is 32.9 Å². The summed E-state index contributed by atoms with van der Waals surface area (Å²) in [5, 5.41) is 68.0. The fraction of sp³-hybridized carbons (Fsp3) is 0.917. The number of hydrogen-bond donors (Lipinski definition) is 9. The Balaban J connectivity index is 1.22. The predicted octanol–water partition coefficient (Wildman–Crippen LogP) is 1.98. The second-order valence-corrected chi connectivity index (χ2v) is 21.9. The van der Waals surface area contributed by atoms with Gasteiger partial charge in [-0.25, -0.2) is 4.79 Å². The van der Waals surface area contributed by atoms with Crippen molar-refractivity contribution in [3.63, 3.8) is 0 Å². The van der Waals surface area contributed by atoms with Crippen LogP contribution in [0, 0.1) is 76.9 Å². The van der Waals surface area contributed by atoms with Crippen LogP contribution in [0.15, 0.2) is 11.6 Å². The largest absolute Gasteiger partial charge is 0.456 e. The molecule has 350 valence electrons. The number of fused-ring (bicyclic) bond motifs is 6. The molecule has 0 radical (unpaired) electrons. The number of carbonyl (C=O) groups excluding carboxylic acids is 2. The van der Waals surface area contributed by atoms with E-state index in [0.29, 0.717) is 30.8 Å². The molecule has 19 unspecified atom stereocenters. The predicted molar refractivity (Wildman–Crippen MR) is 230 cm³/mol. The lowest BCUT2D eigenvalue weighted by Gasteiger charge is -2.63. The number of Topliss-reactive ketones (excluding diaryl/α,β-unsaturated/α-hetero) is 1. The van der Waals surface area contributed by atoms with Gasteiger partial charge in [-0.15, -0.1) is 0 Å². The number of rotatable bonds is 7. The number of nitrogens with one attached hydrogen (secondary N) is 3. The van der Waals surface area contributed by atoms with E-state index in [1.165, 1.54) is 0 Å². The van der Waals surface area contributed by atoms with Gasteiger partial charge in [0, 0.05) is 30.9 Å². The minimum Gasteiger partial charge on any atom is -0.456 e. The van der Waals surface area contributed by atoms with E-state index >= 15 is 0 Å². The Morgan fingerprint density at radius 2 is 1.66 bits per heavy atom. The molecule has 0 amide bonds. The molecule has 0 aromatic heterocycles. The van der Waals surface area contributed by atoms with Crippen molar-refractivity contribution >= 4 is 11.8 Å². The first kappa shape index (κ1) is 45.6. The zero-order valence-electron chi connectivity index (χ0n) is 37.4. The maximum atomic E-state index is 14.4. The van der Waals surface area contributed by atoms with Gasteiger partial charge in [-0.2, -0.15) is 0 Å². The average Bonchev–Trinajstić information content (AvgIpc) is 3.30. The molecule has 23 atom stereocenters. The molecule has 14 nitrogen and oxygen atoms in total. The highest BCUT2D eigenvalue weighted by atomic mass is 16.6. The third-order valence-corrected chi connectivity index (χ3v) is 18.9. The standard InChI is InChI=1S/C48H78N4O10/c1-4-25(20-53)47(59)61-37-18-34-42(58)40-36(57)17-31(21-54)60-44(40)41-39-32-11-12-50-45(49)38(32)27(8-7-26-9-10-30(56)16-33(26)35(39)22-55)15-29(48(37,3)62-43(34)41)14-24-13-28-6-5-23(2)52-46(28)51-19-24/h4,23-24,26-35,37-46,50-56,58H,5-22,49H2,1-3H3/t23-,24?,26?,27?,28?,29+,30?,31?,32?,33?,34?,35?,37-,38?,39?,40?,41?,42?,43?,44?,45?,46?,48-/m0/s1. The molecule has 4 bridgehead atoms. The molecule has 62 heavy (non-hydrogen) atoms. The molecule has 3 saturated carbocycles. The molecule has 0 aromatic rings. The first-order chi connectivity index (χ1) is 29.9. The molecule has 0 spiro atoms. The number of aliphatic hydroxyl groups excluding tert-OH is 5. The minimum atomic E-state index is -1.16. The van der Waals surface area contributed by atoms with Gasteiger partial charge in [-0.1, -0.05) is 6.08 Å². The summed E-state index contributed by atoms with van der Waals surface area (Å²) in [4.78, 5) is 28.5. The van der Waals surface area contributed by atoms with E-state index in [0.717, 1.165) is 70.8 Å². The summed E-state index contributed by atoms with van der Waals surface area (Å²) >= 11 is 0. The van der Waals surface area contributed by atoms with Crippen molar-refractivity contribution in [3.05, 3.63) is 11.6 Å². The molecule has 9 aliphatic rings. The quantitative estimate of drug-likeness (QED) is 0.132. The summed E-state index contributed by atoms with van der Waals surface area (Å²) in [6.07, 6.45) is 7.11. The van der Waals surface area contributed by atoms with Crippen LogP contribution < -0.4 is 21.7 Å². The highest BCUT2D eigenvalue weighted by Crippen LogP contribution is 2.61. The third kappa shape index (κ3) is 8.19. The van der Waals surface area contributed by atoms with E-state index in [9.17, 15) is 35.1 Å². The zero-order valence-corrected chi connectivity index (χ0v) is 37.4. The van der Waals surface area contributed by atoms with Crippen LogP contribution in [0.2, 0.25) is 0 Å². The van der Waals surface area contributed by atoms with Crippen LogP contribution in [0.1, 0.15) is 104 Å². The van der Waals surface area contributed by atoms with Crippen LogP contribution in [0.25, 0.3) is 0 Å². The van der Waals surface area contributed by atoms with Gasteiger partial charge in [0.2, 0.25) is 0 Å². The van der Waals surface area contributed by atoms with Crippen molar-refractivity contribution in [3.8, 4) is 0 Å². The number of piperidine rings is 3. The molecule has 6 saturated heterocycles. The smallest absolute Gasteiger partial charge is 0.336 e. The number of hydrogen-bond acceptors (Lipinski definition) is 14. The van der Waals surface area contributed by atoms with E-state index in [1.807, 2.05) is 0 Å². The first-order valence-electron chi connectivity index (χ1n) is 24.8. The van der Waals surface area contributed by atoms with Gasteiger partial charge in [0.15, 0.2) is 0 Å². The molecule has 10 N–H and O–H groups in total. The van der Waals surface area contributed by atoms with Crippen LogP contribution in [0.5, 0.6) is 0 Å². The lowest BCUT2D eigenvalue weighted by atomic mass is 9.50. The normalized spacial score (nSPS) is 51.9. The van der Waals surface area contributed by atoms with E-state index in [-0.39, 0.29) is 97.1 Å². The highest BCUT2D eigenvalue weighted by molar-refractivity contribution is 5.88. The van der Waals surface area contributed by atoms with Crippen LogP contribution in [-0.4, -0.2) is 131 Å². The molecule has 6 aliphatic heterocycles. The Kier molecular flexibility index (Phi) is 13.7. The third-order valence-electron chi connectivity index (χ3n) is 18.9. The second kappa shape index (κ2) is 18.6. The maximum Gasteiger partial charge on any atom is 0.336 e. The van der Waals surface area contributed by atoms with Gasteiger partial charge in [0.25, 0.3) is 0 Å². The molecule has 0 aromatic carbocycles. The van der Waals surface area contributed by atoms with Gasteiger partial charge >= 0.3 is 5.97 Å². The van der Waals surface area contributed by atoms with Crippen LogP contribution in [0.3, 0.4) is 0 Å². The summed E-state index contributed by atoms with van der Waals surface area (Å²) in [5.74, 6) is -1.97. The molecule has 9 rings (SSSR count). The number of carbonyl (C=O) groups is 2. The molecular formula is C48H78N4O10. The summed E-state index contributed by atoms with van der Waals surface area (Å²) in [5.41, 5.74) is 6.47. The number of allylic oxidation sites excluding steroid dienone is 1. The second-order valence-electron chi connectivity index (χ2n) is 21.9. The van der Waals surface area contributed by atoms with Crippen LogP contribution in [-0.2, 0) is 23.8 Å². The minimum absolute atomic E-state index is 0.0115. The molecular weight excluding hydrogens is 793 g/mol. The SMILES string of the molecule is CC=C(CO)C(=O)O[C@H]1CC2C(O)C3C(=O)CC(CO)OC3C3C2O[C@@]1(C)[C@H](CC1CNC2N[C@@H](C)CCC2C1)CC1CCC2CCC(O)CC2C(CO)C3C2CCNC(N)C12. The topological polar surface area (TPSA) is 225 Å². The Bertz CT molecular complexity index is 1640. The van der Waals surface area contributed by atoms with Gasteiger partial charge in [-0.05, 0) is 170 Å². The van der Waals surface area contributed by atoms with E-state index in [2.05, 4.69) is 29.8 Å². The summed E-state index contributed by atoms with van der Waals surface area (Å²) < 4.78 is 21.3. The van der Waals surface area contributed by atoms with Gasteiger partial charge in [-0.3, -0.25) is 10.1 Å². The highest BCUT2D eigenvalue weighted by Gasteiger charge is 2.67. The van der Waals surface area contributed by atoms with Crippen molar-refractivity contribution < 1.29 is 49.3 Å². The lowest BCUT2D eigenvalue weighted by Crippen LogP contribution is -2.72. The first-order valence-corrected chi connectivity index (χ1v) is 24.8. The zero-order chi connectivity index (χ0) is 43.6. The van der Waals surface area contributed by atoms with Gasteiger partial charge in [0.1, 0.15) is 17.5 Å². The lowest BCUT2D eigenvalue weighted by molar-refractivity contribution is -0.311. The number of ether oxygens (including phenoxy) is 3. The fourth-order valence-electron chi connectivity index (χ4n) is 15.9. The average molecular weight is 871 g/mol. The van der Waals surface area contributed by atoms with Crippen molar-refractivity contribution in [1.29, 1.82) is 0 Å². The van der Waals surface area contributed by atoms with E-state index < -0.39 is 72.6 Å². The monoisotopic (exact) mass is 871 g/mol. The van der Waals surface area contributed by atoms with Crippen molar-refractivity contribution in [1.82, 2.24) is 16.0 Å². The number of ketones is 1. The van der Waals surface area contributed by atoms with E-state index in [1.54, 1.807) is 13.0 Å². The molecule has 3 aliphatic carbocycles. The number of esters is 1. The number of nitrogens with two attached hydrogens (primary N) is 1. The Morgan fingerprint density at radius 3 is 2.42 bits per heavy atom. The van der Waals surface area contributed by atoms with E-state index in [4.69, 9.17) is 19.9 Å². The van der Waals surface area contributed by atoms with Crippen LogP contribution >= 0.6 is 0 Å². The molecule has 14 heteroatoms. The van der Waals surface area contributed by atoms with Gasteiger partial charge < -0.3 is 56.1 Å². The molecule has 6 heterocycles. The fourth-order valence-corrected chi connectivity index (χ4v) is 15.9. The van der Waals surface area contributed by atoms with Crippen LogP contribution in [0.4, 0.5) is 0 Å². The van der Waals surface area contributed by atoms with Gasteiger partial charge in [0.05, 0.1) is 67.6 Å². The Morgan fingerprint density at radius 1 is 0.887 bits per heavy atom. The summed E-state index contributed by atoms with van der Waals surface area (Å²) in [6.45, 7) is 6.74. The number of aliphatic hydroxyl groups is 5. The summed E-state index contributed by atoms with van der Waals surface area (Å²) in [6, 6.07) is 0.470. The molecule has 9 fully saturated rings. The Labute approximate surface area is 368 Å². The maximum absolute atomic E-state index is 14.4. The van der Waals surface area contributed by atoms with Crippen molar-refractivity contribution in [2.45, 2.75) is 165 Å². The van der Waals surface area contributed by atoms with Crippen molar-refractivity contribution in [2.24, 2.45) is 82.7 Å². The Hall–Kier alpha value is -1.56. The summed E-state index contributed by atoms with van der Waals surface area (Å²) in [7, 11) is 0.